The summed E-state index contributed by atoms with van der Waals surface area (Å²) >= 11 is 20.8. The van der Waals surface area contributed by atoms with E-state index in [4.69, 9.17) is 106 Å². The molecule has 0 spiro atoms. The van der Waals surface area contributed by atoms with Crippen molar-refractivity contribution in [1.29, 1.82) is 0 Å². The van der Waals surface area contributed by atoms with E-state index >= 15 is 13.2 Å². The molecule has 12 aliphatic rings. The maximum absolute atomic E-state index is 15.4. The van der Waals surface area contributed by atoms with Crippen LogP contribution in [0.25, 0.3) is 83.9 Å². The Bertz CT molecular complexity index is 7420. The number of halogens is 6. The molecule has 148 heavy (non-hydrogen) atoms. The molecule has 3 amide bonds. The summed E-state index contributed by atoms with van der Waals surface area (Å²) in [6.07, 6.45) is 15.4. The molecule has 15 heterocycles. The molecule has 3 aromatic carbocycles. The number of nitrogens with one attached hydrogen (secondary N) is 1. The van der Waals surface area contributed by atoms with Crippen molar-refractivity contribution in [3.63, 3.8) is 0 Å². The number of likely N-dealkylation sites (N-methyl/N-ethyl adjacent to an activating group) is 2. The van der Waals surface area contributed by atoms with Crippen LogP contribution >= 0.6 is 34.8 Å². The van der Waals surface area contributed by atoms with Gasteiger partial charge in [-0.3, -0.25) is 14.4 Å². The highest BCUT2D eigenvalue weighted by Gasteiger charge is 2.46. The first-order valence-electron chi connectivity index (χ1n) is 51.4. The minimum atomic E-state index is -0.574. The quantitative estimate of drug-likeness (QED) is 0.0444. The Morgan fingerprint density at radius 2 is 0.649 bits per heavy atom. The van der Waals surface area contributed by atoms with Crippen molar-refractivity contribution in [2.75, 3.05) is 192 Å². The molecule has 6 aliphatic heterocycles. The van der Waals surface area contributed by atoms with E-state index in [0.29, 0.717) is 133 Å². The molecule has 0 radical (unpaired) electrons. The zero-order valence-corrected chi connectivity index (χ0v) is 85.7. The standard InChI is InChI=1S/C36H40ClFN10O2.C36H39ClFN9O2.C35H38ClFN10O2/c1-4-27(49)46-16-17-47(20(2)19-46)33-23-18-24(37)31(28-25(38)6-5-7-26(28)39)40-34(23)48(36(50)43-33)32-29(21-8-9-21)41-35(42-30(32)22-10-11-22)45-14-12-44(3)13-15-45;1-4-28(48)45-17-18-46(21(2)20-45)33-25-19-26(37)31(24-7-5-6-8-27(24)38)39-34(25)47(36(49)42-33)32-29(22-9-10-22)40-35(41-30(32)23-11-12-23)44-15-13-43(3)14-16-44;1-3-26(48)45-15-16-46(19(2)18-45)32-22-17-23(36)30(27-24(37)5-4-6-25(27)38)40-33(22)47(35(49)43-32)31-28(20-7-8-20)41-34(42-29(31)21-9-10-21)44-13-11-39-12-14-44/h4-7,18,20-22H,1,8-17,19,39H2,2-3H3;4-8,19,21-23H,1,9-18,20H2,2-3H3;3-6,17,19-21,39H,1,7-16,18,38H2,2H3/t20-;21-;19-/m000/s1. The molecular weight excluding hydrogens is 1950 g/mol. The number of rotatable bonds is 21. The summed E-state index contributed by atoms with van der Waals surface area (Å²) in [4.78, 5) is 164. The van der Waals surface area contributed by atoms with Crippen molar-refractivity contribution in [2.45, 2.75) is 151 Å². The predicted molar refractivity (Wildman–Crippen MR) is 569 cm³/mol. The average Bonchev–Trinajstić information content (AvgIpc) is 1.48. The Labute approximate surface area is 867 Å². The smallest absolute Gasteiger partial charge is 0.355 e. The second-order valence-corrected chi connectivity index (χ2v) is 42.3. The highest BCUT2D eigenvalue weighted by Crippen LogP contribution is 2.54. The van der Waals surface area contributed by atoms with Crippen LogP contribution in [-0.4, -0.2) is 285 Å². The molecule has 12 fully saturated rings. The molecule has 6 saturated heterocycles. The van der Waals surface area contributed by atoms with E-state index < -0.39 is 34.5 Å². The largest absolute Gasteiger partial charge is 0.398 e. The van der Waals surface area contributed by atoms with Gasteiger partial charge in [-0.05, 0) is 185 Å². The summed E-state index contributed by atoms with van der Waals surface area (Å²) < 4.78 is 50.7. The van der Waals surface area contributed by atoms with E-state index in [2.05, 4.69) is 63.6 Å². The number of hydrogen-bond acceptors (Lipinski definition) is 29. The summed E-state index contributed by atoms with van der Waals surface area (Å²) in [7, 11) is 4.24. The van der Waals surface area contributed by atoms with Gasteiger partial charge in [-0.1, -0.05) is 78.8 Å². The van der Waals surface area contributed by atoms with E-state index in [1.807, 2.05) is 35.5 Å². The highest BCUT2D eigenvalue weighted by atomic mass is 35.5. The minimum Gasteiger partial charge on any atom is -0.398 e. The molecule has 35 nitrogen and oxygen atoms in total. The third-order valence-corrected chi connectivity index (χ3v) is 31.3. The minimum absolute atomic E-state index is 0.0619. The van der Waals surface area contributed by atoms with Crippen LogP contribution in [0.1, 0.15) is 167 Å². The van der Waals surface area contributed by atoms with Gasteiger partial charge in [0.15, 0.2) is 16.9 Å². The summed E-state index contributed by atoms with van der Waals surface area (Å²) in [5, 5.41) is 5.58. The first kappa shape index (κ1) is 99.0. The lowest BCUT2D eigenvalue weighted by Crippen LogP contribution is -2.54. The topological polar surface area (TPSA) is 372 Å². The number of nitrogen functional groups attached to an aromatic ring is 2. The maximum Gasteiger partial charge on any atom is 0.355 e. The summed E-state index contributed by atoms with van der Waals surface area (Å²) in [5.74, 6) is 2.34. The van der Waals surface area contributed by atoms with Crippen LogP contribution in [-0.2, 0) is 14.4 Å². The van der Waals surface area contributed by atoms with Gasteiger partial charge in [-0.2, -0.15) is 15.0 Å². The van der Waals surface area contributed by atoms with Gasteiger partial charge in [-0.25, -0.2) is 86.1 Å². The number of aromatic nitrogens is 15. The number of piperazine rings is 6. The molecule has 12 aromatic rings. The second-order valence-electron chi connectivity index (χ2n) is 41.1. The van der Waals surface area contributed by atoms with E-state index in [1.165, 1.54) is 57.7 Å². The molecule has 5 N–H and O–H groups in total. The second kappa shape index (κ2) is 40.4. The fraction of sp³-hybridized carbons (Fsp3) is 0.439. The number of amides is 3. The molecule has 768 valence electrons. The van der Waals surface area contributed by atoms with Gasteiger partial charge < -0.3 is 70.7 Å². The van der Waals surface area contributed by atoms with Crippen LogP contribution in [0, 0.1) is 17.5 Å². The lowest BCUT2D eigenvalue weighted by Gasteiger charge is -2.40. The molecule has 3 atom stereocenters. The van der Waals surface area contributed by atoms with Crippen molar-refractivity contribution in [3.8, 4) is 50.8 Å². The van der Waals surface area contributed by atoms with Crippen LogP contribution in [0.5, 0.6) is 0 Å². The van der Waals surface area contributed by atoms with Gasteiger partial charge in [0.25, 0.3) is 0 Å². The average molecular weight is 2070 g/mol. The Kier molecular flexibility index (Phi) is 27.0. The normalized spacial score (nSPS) is 20.0. The third kappa shape index (κ3) is 19.3. The Morgan fingerprint density at radius 3 is 0.932 bits per heavy atom. The van der Waals surface area contributed by atoms with Crippen molar-refractivity contribution in [2.24, 2.45) is 0 Å². The van der Waals surface area contributed by atoms with E-state index in [-0.39, 0.29) is 143 Å². The molecule has 41 heteroatoms. The van der Waals surface area contributed by atoms with Gasteiger partial charge in [-0.15, -0.1) is 0 Å². The number of nitrogens with zero attached hydrogens (tertiary/aromatic N) is 26. The van der Waals surface area contributed by atoms with Gasteiger partial charge in [0.05, 0.1) is 111 Å². The number of carbonyl (C=O) groups is 3. The molecule has 6 aliphatic carbocycles. The van der Waals surface area contributed by atoms with Crippen molar-refractivity contribution < 1.29 is 27.6 Å². The van der Waals surface area contributed by atoms with Gasteiger partial charge >= 0.3 is 17.1 Å². The van der Waals surface area contributed by atoms with Crippen LogP contribution in [0.15, 0.2) is 131 Å². The Hall–Kier alpha value is -13.7. The van der Waals surface area contributed by atoms with Crippen molar-refractivity contribution in [1.82, 2.24) is 103 Å². The number of benzene rings is 3. The number of carbonyl (C=O) groups excluding carboxylic acids is 3. The maximum atomic E-state index is 15.4. The monoisotopic (exact) mass is 2070 g/mol. The molecule has 6 saturated carbocycles. The van der Waals surface area contributed by atoms with E-state index in [0.717, 1.165) is 190 Å². The predicted octanol–water partition coefficient (Wildman–Crippen LogP) is 13.1. The third-order valence-electron chi connectivity index (χ3n) is 30.5. The number of fused-ring (bicyclic) bond motifs is 3. The van der Waals surface area contributed by atoms with E-state index in [9.17, 15) is 28.8 Å². The van der Waals surface area contributed by atoms with Crippen LogP contribution in [0.2, 0.25) is 15.1 Å². The lowest BCUT2D eigenvalue weighted by molar-refractivity contribution is -0.127. The zero-order valence-electron chi connectivity index (χ0n) is 83.4. The fourth-order valence-electron chi connectivity index (χ4n) is 21.4. The Balaban J connectivity index is 0.000000126. The molecule has 9 aromatic heterocycles. The Morgan fingerprint density at radius 1 is 0.365 bits per heavy atom. The summed E-state index contributed by atoms with van der Waals surface area (Å²) in [5.41, 5.74) is 20.0. The lowest BCUT2D eigenvalue weighted by atomic mass is 10.1. The number of anilines is 8. The number of pyridine rings is 3. The number of hydrogen-bond donors (Lipinski definition) is 3. The summed E-state index contributed by atoms with van der Waals surface area (Å²) in [6.45, 7) is 31.0. The molecular formula is C107H117Cl3F3N29O6. The molecule has 0 bridgehead atoms. The first-order chi connectivity index (χ1) is 71.6. The van der Waals surface area contributed by atoms with Gasteiger partial charge in [0.1, 0.15) is 34.9 Å². The zero-order chi connectivity index (χ0) is 103. The first-order valence-corrected chi connectivity index (χ1v) is 52.6. The van der Waals surface area contributed by atoms with Crippen LogP contribution in [0.3, 0.4) is 0 Å². The fourth-order valence-corrected chi connectivity index (χ4v) is 22.2. The van der Waals surface area contributed by atoms with Crippen molar-refractivity contribution in [3.05, 3.63) is 215 Å². The molecule has 24 rings (SSSR count). The number of nitrogens with two attached hydrogens (primary N) is 2. The van der Waals surface area contributed by atoms with Crippen molar-refractivity contribution >= 4 is 132 Å². The van der Waals surface area contributed by atoms with Crippen LogP contribution in [0.4, 0.5) is 59.8 Å². The SMILES string of the molecule is C=CC(=O)N1CCN(c2nc(=O)n(-c3c(C4CC4)nc(N4CCN(C)CC4)nc3C3CC3)c3nc(-c4c(N)cccc4F)c(Cl)cc23)[C@@H](C)C1.C=CC(=O)N1CCN(c2nc(=O)n(-c3c(C4CC4)nc(N4CCN(C)CC4)nc3C3CC3)c3nc(-c4ccccc4F)c(Cl)cc23)[C@@H](C)C1.C=CC(=O)N1CCN(c2nc(=O)n(-c3c(C4CC4)nc(N4CCNCC4)nc3C3CC3)c3nc(-c4c(N)cccc4F)c(Cl)cc23)[C@@H](C)C1. The highest BCUT2D eigenvalue weighted by molar-refractivity contribution is 6.35. The summed E-state index contributed by atoms with van der Waals surface area (Å²) in [6, 6.07) is 19.8. The van der Waals surface area contributed by atoms with E-state index in [1.54, 1.807) is 67.8 Å². The molecule has 0 unspecified atom stereocenters. The van der Waals surface area contributed by atoms with Gasteiger partial charge in [0.2, 0.25) is 35.6 Å². The van der Waals surface area contributed by atoms with Crippen LogP contribution < -0.4 is 63.3 Å². The van der Waals surface area contributed by atoms with Gasteiger partial charge in [0, 0.05) is 208 Å².